The minimum absolute atomic E-state index is 0.810. The smallest absolute Gasteiger partial charge is 0.119 e. The van der Waals surface area contributed by atoms with Crippen LogP contribution < -0.4 is 28.7 Å². The Hall–Kier alpha value is -6.40. The highest BCUT2D eigenvalue weighted by molar-refractivity contribution is 6.28. The summed E-state index contributed by atoms with van der Waals surface area (Å²) in [6, 6.07) is 50.7. The van der Waals surface area contributed by atoms with Crippen LogP contribution >= 0.6 is 0 Å². The van der Waals surface area contributed by atoms with E-state index in [1.54, 1.807) is 28.4 Å². The Morgan fingerprint density at radius 3 is 0.820 bits per heavy atom. The van der Waals surface area contributed by atoms with Crippen LogP contribution in [0.25, 0.3) is 32.3 Å². The average Bonchev–Trinajstić information content (AvgIpc) is 3.19. The number of hydrogen-bond acceptors (Lipinski definition) is 6. The quantitative estimate of drug-likeness (QED) is 0.137. The summed E-state index contributed by atoms with van der Waals surface area (Å²) in [7, 11) is 6.76. The van der Waals surface area contributed by atoms with Crippen LogP contribution in [0.1, 0.15) is 0 Å². The standard InChI is InChI=1S/C44H36N2O4/c1-47-35-17-9-31(10-18-35)45(32-11-19-36(48-2)20-12-32)41-27-7-29-6-26-40-42(28-8-30-5-25-39(41)43(29)44(30)40)46(33-13-21-37(49-3)22-14-33)34-15-23-38(50-4)24-16-34/h5-28H,1-4H3. The molecule has 0 radical (unpaired) electrons. The van der Waals surface area contributed by atoms with E-state index in [1.165, 1.54) is 21.5 Å². The maximum absolute atomic E-state index is 5.50. The number of hydrogen-bond donors (Lipinski definition) is 0. The van der Waals surface area contributed by atoms with Crippen LogP contribution in [0.15, 0.2) is 146 Å². The zero-order valence-electron chi connectivity index (χ0n) is 28.4. The molecule has 6 heteroatoms. The van der Waals surface area contributed by atoms with Crippen molar-refractivity contribution in [3.8, 4) is 23.0 Å². The van der Waals surface area contributed by atoms with Crippen LogP contribution in [0, 0.1) is 0 Å². The zero-order valence-corrected chi connectivity index (χ0v) is 28.4. The average molecular weight is 657 g/mol. The molecule has 0 saturated heterocycles. The van der Waals surface area contributed by atoms with Crippen LogP contribution in [0.5, 0.6) is 23.0 Å². The van der Waals surface area contributed by atoms with Gasteiger partial charge in [-0.3, -0.25) is 0 Å². The lowest BCUT2D eigenvalue weighted by Gasteiger charge is -2.29. The minimum atomic E-state index is 0.810. The summed E-state index contributed by atoms with van der Waals surface area (Å²) in [5.41, 5.74) is 6.26. The van der Waals surface area contributed by atoms with Crippen molar-refractivity contribution in [1.29, 1.82) is 0 Å². The van der Waals surface area contributed by atoms with Crippen LogP contribution in [0.3, 0.4) is 0 Å². The summed E-state index contributed by atoms with van der Waals surface area (Å²) in [4.78, 5) is 4.60. The zero-order chi connectivity index (χ0) is 34.2. The molecule has 0 amide bonds. The molecule has 0 spiro atoms. The minimum Gasteiger partial charge on any atom is -0.497 e. The van der Waals surface area contributed by atoms with E-state index >= 15 is 0 Å². The van der Waals surface area contributed by atoms with Gasteiger partial charge in [0.15, 0.2) is 0 Å². The fraction of sp³-hybridized carbons (Fsp3) is 0.0909. The van der Waals surface area contributed by atoms with Crippen molar-refractivity contribution < 1.29 is 18.9 Å². The van der Waals surface area contributed by atoms with Gasteiger partial charge >= 0.3 is 0 Å². The van der Waals surface area contributed by atoms with Gasteiger partial charge in [-0.05, 0) is 131 Å². The fourth-order valence-corrected chi connectivity index (χ4v) is 6.94. The lowest BCUT2D eigenvalue weighted by molar-refractivity contribution is 0.414. The molecule has 0 bridgehead atoms. The molecule has 0 N–H and O–H groups in total. The van der Waals surface area contributed by atoms with E-state index in [9.17, 15) is 0 Å². The second kappa shape index (κ2) is 12.9. The van der Waals surface area contributed by atoms with Crippen molar-refractivity contribution in [3.63, 3.8) is 0 Å². The summed E-state index contributed by atoms with van der Waals surface area (Å²) in [5, 5.41) is 7.12. The molecule has 246 valence electrons. The molecule has 8 aromatic carbocycles. The van der Waals surface area contributed by atoms with Crippen molar-refractivity contribution in [2.24, 2.45) is 0 Å². The molecule has 6 nitrogen and oxygen atoms in total. The fourth-order valence-electron chi connectivity index (χ4n) is 6.94. The van der Waals surface area contributed by atoms with E-state index in [4.69, 9.17) is 18.9 Å². The topological polar surface area (TPSA) is 43.4 Å². The lowest BCUT2D eigenvalue weighted by atomic mass is 9.91. The Bertz CT molecular complexity index is 2140. The van der Waals surface area contributed by atoms with Gasteiger partial charge in [0.1, 0.15) is 23.0 Å². The number of benzene rings is 8. The third-order valence-electron chi connectivity index (χ3n) is 9.42. The normalized spacial score (nSPS) is 11.2. The molecule has 0 aromatic heterocycles. The summed E-state index contributed by atoms with van der Waals surface area (Å²) in [6.45, 7) is 0. The SMILES string of the molecule is COc1ccc(N(c2ccc(OC)cc2)c2ccc3ccc4c(N(c5ccc(OC)cc5)c5ccc(OC)cc5)ccc5ccc2c3c54)cc1. The number of nitrogens with zero attached hydrogens (tertiary/aromatic N) is 2. The first-order valence-electron chi connectivity index (χ1n) is 16.5. The number of methoxy groups -OCH3 is 4. The second-order valence-corrected chi connectivity index (χ2v) is 12.1. The van der Waals surface area contributed by atoms with E-state index in [-0.39, 0.29) is 0 Å². The third kappa shape index (κ3) is 5.31. The first-order chi connectivity index (χ1) is 24.6. The van der Waals surface area contributed by atoms with E-state index in [2.05, 4.69) is 107 Å². The van der Waals surface area contributed by atoms with Gasteiger partial charge in [-0.25, -0.2) is 0 Å². The van der Waals surface area contributed by atoms with Gasteiger partial charge < -0.3 is 28.7 Å². The second-order valence-electron chi connectivity index (χ2n) is 12.1. The summed E-state index contributed by atoms with van der Waals surface area (Å²) < 4.78 is 22.0. The van der Waals surface area contributed by atoms with Crippen LogP contribution in [0.4, 0.5) is 34.1 Å². The van der Waals surface area contributed by atoms with Crippen molar-refractivity contribution in [3.05, 3.63) is 146 Å². The molecule has 50 heavy (non-hydrogen) atoms. The third-order valence-corrected chi connectivity index (χ3v) is 9.42. The van der Waals surface area contributed by atoms with Crippen molar-refractivity contribution in [2.45, 2.75) is 0 Å². The molecule has 0 aliphatic carbocycles. The number of ether oxygens (including phenoxy) is 4. The molecule has 0 fully saturated rings. The summed E-state index contributed by atoms with van der Waals surface area (Å²) >= 11 is 0. The van der Waals surface area contributed by atoms with E-state index in [0.29, 0.717) is 0 Å². The lowest BCUT2D eigenvalue weighted by Crippen LogP contribution is -2.11. The predicted molar refractivity (Wildman–Crippen MR) is 206 cm³/mol. The highest BCUT2D eigenvalue weighted by atomic mass is 16.5. The monoisotopic (exact) mass is 656 g/mol. The van der Waals surface area contributed by atoms with Crippen LogP contribution in [-0.2, 0) is 0 Å². The molecule has 0 aliphatic heterocycles. The predicted octanol–water partition coefficient (Wildman–Crippen LogP) is 11.6. The van der Waals surface area contributed by atoms with Crippen LogP contribution in [-0.4, -0.2) is 28.4 Å². The molecule has 0 saturated carbocycles. The van der Waals surface area contributed by atoms with Crippen molar-refractivity contribution in [1.82, 2.24) is 0 Å². The van der Waals surface area contributed by atoms with Crippen molar-refractivity contribution >= 4 is 66.4 Å². The Balaban J connectivity index is 1.37. The van der Waals surface area contributed by atoms with E-state index < -0.39 is 0 Å². The summed E-state index contributed by atoms with van der Waals surface area (Å²) in [5.74, 6) is 3.24. The first-order valence-corrected chi connectivity index (χ1v) is 16.5. The van der Waals surface area contributed by atoms with Gasteiger partial charge in [0.05, 0.1) is 39.8 Å². The molecule has 0 atom stereocenters. The molecule has 8 rings (SSSR count). The highest BCUT2D eigenvalue weighted by Gasteiger charge is 2.22. The van der Waals surface area contributed by atoms with Gasteiger partial charge in [-0.2, -0.15) is 0 Å². The largest absolute Gasteiger partial charge is 0.497 e. The van der Waals surface area contributed by atoms with Gasteiger partial charge in [-0.1, -0.05) is 36.4 Å². The first kappa shape index (κ1) is 30.9. The van der Waals surface area contributed by atoms with Gasteiger partial charge in [-0.15, -0.1) is 0 Å². The number of anilines is 6. The van der Waals surface area contributed by atoms with Gasteiger partial charge in [0.2, 0.25) is 0 Å². The molecular weight excluding hydrogens is 620 g/mol. The Morgan fingerprint density at radius 2 is 0.560 bits per heavy atom. The van der Waals surface area contributed by atoms with Gasteiger partial charge in [0, 0.05) is 33.5 Å². The molecule has 0 heterocycles. The molecule has 8 aromatic rings. The molecular formula is C44H36N2O4. The van der Waals surface area contributed by atoms with Crippen LogP contribution in [0.2, 0.25) is 0 Å². The Morgan fingerprint density at radius 1 is 0.300 bits per heavy atom. The molecule has 0 unspecified atom stereocenters. The maximum Gasteiger partial charge on any atom is 0.119 e. The van der Waals surface area contributed by atoms with E-state index in [1.807, 2.05) is 48.5 Å². The number of rotatable bonds is 10. The Kier molecular flexibility index (Phi) is 7.97. The maximum atomic E-state index is 5.50. The van der Waals surface area contributed by atoms with Crippen molar-refractivity contribution in [2.75, 3.05) is 38.2 Å². The van der Waals surface area contributed by atoms with E-state index in [0.717, 1.165) is 67.9 Å². The summed E-state index contributed by atoms with van der Waals surface area (Å²) in [6.07, 6.45) is 0. The Labute approximate surface area is 291 Å². The molecule has 0 aliphatic rings. The highest BCUT2D eigenvalue weighted by Crippen LogP contribution is 2.47. The van der Waals surface area contributed by atoms with Gasteiger partial charge in [0.25, 0.3) is 0 Å².